The third kappa shape index (κ3) is 1.45. The minimum atomic E-state index is -0.00185. The van der Waals surface area contributed by atoms with E-state index >= 15 is 0 Å². The quantitative estimate of drug-likeness (QED) is 0.672. The van der Waals surface area contributed by atoms with Gasteiger partial charge in [-0.15, -0.1) is 0 Å². The average Bonchev–Trinajstić information content (AvgIpc) is 2.41. The maximum atomic E-state index is 5.77. The van der Waals surface area contributed by atoms with Gasteiger partial charge in [-0.1, -0.05) is 0 Å². The van der Waals surface area contributed by atoms with Crippen molar-refractivity contribution in [1.29, 1.82) is 0 Å². The molecular weight excluding hydrogens is 208 g/mol. The fourth-order valence-corrected chi connectivity index (χ4v) is 1.88. The molecule has 3 rings (SSSR count). The summed E-state index contributed by atoms with van der Waals surface area (Å²) in [5.41, 5.74) is 0. The molecule has 0 saturated carbocycles. The number of rotatable bonds is 0. The van der Waals surface area contributed by atoms with E-state index in [4.69, 9.17) is 18.9 Å². The number of ether oxygens (including phenoxy) is 4. The van der Waals surface area contributed by atoms with Crippen molar-refractivity contribution in [1.82, 2.24) is 0 Å². The molecule has 4 heteroatoms. The third-order valence-corrected chi connectivity index (χ3v) is 2.62. The van der Waals surface area contributed by atoms with Crippen molar-refractivity contribution in [2.45, 2.75) is 26.1 Å². The highest BCUT2D eigenvalue weighted by molar-refractivity contribution is 5.60. The Balaban J connectivity index is 2.12. The molecule has 4 nitrogen and oxygen atoms in total. The van der Waals surface area contributed by atoms with Crippen LogP contribution in [0.15, 0.2) is 12.1 Å². The molecule has 4 bridgehead atoms. The van der Waals surface area contributed by atoms with Crippen LogP contribution in [-0.2, 0) is 0 Å². The van der Waals surface area contributed by atoms with Crippen LogP contribution < -0.4 is 18.9 Å². The van der Waals surface area contributed by atoms with Gasteiger partial charge in [0.15, 0.2) is 11.5 Å². The molecule has 1 aromatic carbocycles. The topological polar surface area (TPSA) is 36.9 Å². The fraction of sp³-hybridized carbons (Fsp3) is 0.500. The van der Waals surface area contributed by atoms with Crippen molar-refractivity contribution in [3.8, 4) is 23.0 Å². The minimum Gasteiger partial charge on any atom is -0.486 e. The Bertz CT molecular complexity index is 416. The van der Waals surface area contributed by atoms with Crippen LogP contribution in [0.2, 0.25) is 0 Å². The molecule has 16 heavy (non-hydrogen) atoms. The first-order valence-corrected chi connectivity index (χ1v) is 5.50. The second-order valence-electron chi connectivity index (χ2n) is 4.20. The van der Waals surface area contributed by atoms with Crippen LogP contribution in [0.4, 0.5) is 0 Å². The summed E-state index contributed by atoms with van der Waals surface area (Å²) < 4.78 is 22.8. The van der Waals surface area contributed by atoms with Crippen LogP contribution in [0.3, 0.4) is 0 Å². The summed E-state index contributed by atoms with van der Waals surface area (Å²) in [6.07, 6.45) is 0.0165. The summed E-state index contributed by atoms with van der Waals surface area (Å²) in [5, 5.41) is 0. The molecule has 2 aliphatic heterocycles. The lowest BCUT2D eigenvalue weighted by atomic mass is 10.2. The normalized spacial score (nSPS) is 26.4. The highest BCUT2D eigenvalue weighted by atomic mass is 16.6. The summed E-state index contributed by atoms with van der Waals surface area (Å²) in [7, 11) is 0. The van der Waals surface area contributed by atoms with E-state index in [0.717, 1.165) is 11.5 Å². The molecular formula is C12H14O4. The van der Waals surface area contributed by atoms with E-state index in [-0.39, 0.29) is 12.2 Å². The first-order valence-electron chi connectivity index (χ1n) is 5.50. The van der Waals surface area contributed by atoms with E-state index in [2.05, 4.69) is 0 Å². The molecule has 0 aromatic heterocycles. The second kappa shape index (κ2) is 3.47. The lowest BCUT2D eigenvalue weighted by molar-refractivity contribution is 0.135. The summed E-state index contributed by atoms with van der Waals surface area (Å²) >= 11 is 0. The van der Waals surface area contributed by atoms with Crippen molar-refractivity contribution in [3.05, 3.63) is 12.1 Å². The Hall–Kier alpha value is -1.58. The maximum Gasteiger partial charge on any atom is 0.207 e. The molecule has 2 unspecified atom stereocenters. The molecule has 0 N–H and O–H groups in total. The first kappa shape index (κ1) is 9.63. The predicted octanol–water partition coefficient (Wildman–Crippen LogP) is 2.01. The van der Waals surface area contributed by atoms with Gasteiger partial charge in [0.25, 0.3) is 0 Å². The minimum absolute atomic E-state index is 0.00185. The van der Waals surface area contributed by atoms with Gasteiger partial charge in [0.2, 0.25) is 11.5 Å². The van der Waals surface area contributed by atoms with Gasteiger partial charge >= 0.3 is 0 Å². The largest absolute Gasteiger partial charge is 0.486 e. The zero-order valence-electron chi connectivity index (χ0n) is 9.36. The van der Waals surface area contributed by atoms with Crippen LogP contribution in [0.5, 0.6) is 23.0 Å². The van der Waals surface area contributed by atoms with Gasteiger partial charge < -0.3 is 18.9 Å². The summed E-state index contributed by atoms with van der Waals surface area (Å²) in [4.78, 5) is 0. The Labute approximate surface area is 94.1 Å². The molecule has 1 aromatic rings. The maximum absolute atomic E-state index is 5.77. The third-order valence-electron chi connectivity index (χ3n) is 2.62. The van der Waals surface area contributed by atoms with Crippen molar-refractivity contribution >= 4 is 0 Å². The molecule has 0 aliphatic carbocycles. The van der Waals surface area contributed by atoms with E-state index in [1.54, 1.807) is 0 Å². The SMILES string of the molecule is CC1COc2c3ccc(c2OC(C)CO3)O1. The van der Waals surface area contributed by atoms with Crippen molar-refractivity contribution in [2.75, 3.05) is 13.2 Å². The van der Waals surface area contributed by atoms with E-state index in [1.165, 1.54) is 0 Å². The first-order chi connectivity index (χ1) is 7.74. The fourth-order valence-electron chi connectivity index (χ4n) is 1.88. The zero-order valence-corrected chi connectivity index (χ0v) is 9.36. The highest BCUT2D eigenvalue weighted by Gasteiger charge is 2.28. The Morgan fingerprint density at radius 1 is 0.875 bits per heavy atom. The monoisotopic (exact) mass is 222 g/mol. The number of hydrogen-bond donors (Lipinski definition) is 0. The van der Waals surface area contributed by atoms with Crippen LogP contribution in [-0.4, -0.2) is 25.4 Å². The number of hydrogen-bond acceptors (Lipinski definition) is 4. The second-order valence-corrected chi connectivity index (χ2v) is 4.20. The van der Waals surface area contributed by atoms with Crippen LogP contribution in [0.25, 0.3) is 0 Å². The molecule has 0 radical (unpaired) electrons. The molecule has 86 valence electrons. The van der Waals surface area contributed by atoms with Crippen LogP contribution >= 0.6 is 0 Å². The van der Waals surface area contributed by atoms with E-state index in [0.29, 0.717) is 24.7 Å². The lowest BCUT2D eigenvalue weighted by Crippen LogP contribution is -2.20. The molecule has 0 fully saturated rings. The van der Waals surface area contributed by atoms with E-state index in [9.17, 15) is 0 Å². The Morgan fingerprint density at radius 3 is 2.44 bits per heavy atom. The standard InChI is InChI=1S/C12H14O4/c1-7-6-14-11-9-3-4-10(15-7)12(11)16-8(2)5-13-9/h3-4,7-8H,5-6H2,1-2H3. The predicted molar refractivity (Wildman–Crippen MR) is 57.6 cm³/mol. The summed E-state index contributed by atoms with van der Waals surface area (Å²) in [6, 6.07) is 3.74. The molecule has 0 spiro atoms. The molecule has 2 heterocycles. The van der Waals surface area contributed by atoms with Gasteiger partial charge in [-0.25, -0.2) is 0 Å². The summed E-state index contributed by atoms with van der Waals surface area (Å²) in [5.74, 6) is 2.82. The zero-order chi connectivity index (χ0) is 11.1. The van der Waals surface area contributed by atoms with Gasteiger partial charge in [0.1, 0.15) is 25.4 Å². The average molecular weight is 222 g/mol. The smallest absolute Gasteiger partial charge is 0.207 e. The summed E-state index contributed by atoms with van der Waals surface area (Å²) in [6.45, 7) is 4.97. The van der Waals surface area contributed by atoms with Crippen molar-refractivity contribution in [3.63, 3.8) is 0 Å². The Morgan fingerprint density at radius 2 is 1.56 bits per heavy atom. The highest BCUT2D eigenvalue weighted by Crippen LogP contribution is 2.48. The number of benzene rings is 1. The van der Waals surface area contributed by atoms with Crippen molar-refractivity contribution in [2.24, 2.45) is 0 Å². The molecule has 2 atom stereocenters. The van der Waals surface area contributed by atoms with Gasteiger partial charge in [0.05, 0.1) is 0 Å². The lowest BCUT2D eigenvalue weighted by Gasteiger charge is -2.13. The van der Waals surface area contributed by atoms with Gasteiger partial charge in [-0.3, -0.25) is 0 Å². The van der Waals surface area contributed by atoms with E-state index in [1.807, 2.05) is 26.0 Å². The molecule has 0 amide bonds. The van der Waals surface area contributed by atoms with Crippen molar-refractivity contribution < 1.29 is 18.9 Å². The van der Waals surface area contributed by atoms with Gasteiger partial charge in [0, 0.05) is 0 Å². The molecule has 0 saturated heterocycles. The Kier molecular flexibility index (Phi) is 2.09. The van der Waals surface area contributed by atoms with Crippen LogP contribution in [0, 0.1) is 0 Å². The molecule has 2 aliphatic rings. The van der Waals surface area contributed by atoms with Crippen LogP contribution in [0.1, 0.15) is 13.8 Å². The van der Waals surface area contributed by atoms with E-state index < -0.39 is 0 Å². The van der Waals surface area contributed by atoms with Gasteiger partial charge in [-0.05, 0) is 26.0 Å². The van der Waals surface area contributed by atoms with Gasteiger partial charge in [-0.2, -0.15) is 0 Å².